The van der Waals surface area contributed by atoms with Crippen LogP contribution >= 0.6 is 11.6 Å². The number of carboxylic acid groups (broad SMARTS) is 1. The third-order valence-corrected chi connectivity index (χ3v) is 1.86. The zero-order valence-corrected chi connectivity index (χ0v) is 8.04. The van der Waals surface area contributed by atoms with E-state index in [1.54, 1.807) is 0 Å². The molecule has 0 aliphatic carbocycles. The van der Waals surface area contributed by atoms with Crippen molar-refractivity contribution in [3.05, 3.63) is 29.3 Å². The Labute approximate surface area is 85.1 Å². The topological polar surface area (TPSA) is 63.6 Å². The smallest absolute Gasteiger partial charge is 0.339 e. The Hall–Kier alpha value is -1.55. The Balaban J connectivity index is 3.39. The zero-order valence-electron chi connectivity index (χ0n) is 7.28. The summed E-state index contributed by atoms with van der Waals surface area (Å²) in [5.41, 5.74) is -0.0342. The summed E-state index contributed by atoms with van der Waals surface area (Å²) in [6, 6.07) is 4.17. The van der Waals surface area contributed by atoms with Crippen LogP contribution in [0.15, 0.2) is 18.2 Å². The van der Waals surface area contributed by atoms with Crippen LogP contribution in [-0.2, 0) is 0 Å². The Morgan fingerprint density at radius 1 is 1.36 bits per heavy atom. The van der Waals surface area contributed by atoms with Crippen LogP contribution in [-0.4, -0.2) is 23.4 Å². The van der Waals surface area contributed by atoms with E-state index in [1.807, 2.05) is 0 Å². The molecule has 0 aliphatic rings. The lowest BCUT2D eigenvalue weighted by Gasteiger charge is -2.07. The number of ether oxygens (including phenoxy) is 1. The van der Waals surface area contributed by atoms with Gasteiger partial charge < -0.3 is 9.84 Å². The van der Waals surface area contributed by atoms with Crippen LogP contribution in [0.25, 0.3) is 0 Å². The summed E-state index contributed by atoms with van der Waals surface area (Å²) in [5.74, 6) is -1.18. The molecule has 0 bridgehead atoms. The summed E-state index contributed by atoms with van der Waals surface area (Å²) in [4.78, 5) is 21.6. The molecule has 0 fully saturated rings. The standard InChI is InChI=1S/C9H7ClO4/c1-14-7-5(8(10)11)3-2-4-6(7)9(12)13/h2-4H,1H3,(H,12,13). The summed E-state index contributed by atoms with van der Waals surface area (Å²) in [7, 11) is 1.28. The second-order valence-electron chi connectivity index (χ2n) is 2.47. The number of halogens is 1. The van der Waals surface area contributed by atoms with Gasteiger partial charge in [0.1, 0.15) is 11.3 Å². The fraction of sp³-hybridized carbons (Fsp3) is 0.111. The first-order valence-corrected chi connectivity index (χ1v) is 4.06. The Bertz CT molecular complexity index is 354. The SMILES string of the molecule is COc1c(C(=O)O)cccc1C(=O)Cl. The third kappa shape index (κ3) is 1.85. The van der Waals surface area contributed by atoms with Crippen molar-refractivity contribution in [3.63, 3.8) is 0 Å². The number of para-hydroxylation sites is 1. The third-order valence-electron chi connectivity index (χ3n) is 1.66. The molecule has 0 aliphatic heterocycles. The Morgan fingerprint density at radius 3 is 2.36 bits per heavy atom. The number of methoxy groups -OCH3 is 1. The van der Waals surface area contributed by atoms with E-state index in [-0.39, 0.29) is 16.9 Å². The minimum absolute atomic E-state index is 0.0139. The maximum absolute atomic E-state index is 10.9. The lowest BCUT2D eigenvalue weighted by atomic mass is 10.1. The summed E-state index contributed by atoms with van der Waals surface area (Å²) in [6.45, 7) is 0. The number of hydrogen-bond acceptors (Lipinski definition) is 3. The normalized spacial score (nSPS) is 9.57. The van der Waals surface area contributed by atoms with Gasteiger partial charge in [-0.05, 0) is 23.7 Å². The Kier molecular flexibility index (Phi) is 3.09. The molecule has 1 N–H and O–H groups in total. The average molecular weight is 215 g/mol. The van der Waals surface area contributed by atoms with Gasteiger partial charge in [-0.2, -0.15) is 0 Å². The van der Waals surface area contributed by atoms with Crippen LogP contribution in [0.1, 0.15) is 20.7 Å². The highest BCUT2D eigenvalue weighted by Gasteiger charge is 2.17. The molecule has 14 heavy (non-hydrogen) atoms. The first-order chi connectivity index (χ1) is 6.57. The van der Waals surface area contributed by atoms with E-state index in [9.17, 15) is 9.59 Å². The maximum Gasteiger partial charge on any atom is 0.339 e. The number of carbonyl (C=O) groups is 2. The summed E-state index contributed by atoms with van der Waals surface area (Å²) < 4.78 is 4.81. The van der Waals surface area contributed by atoms with Crippen LogP contribution in [0, 0.1) is 0 Å². The van der Waals surface area contributed by atoms with Crippen molar-refractivity contribution in [1.82, 2.24) is 0 Å². The minimum atomic E-state index is -1.17. The van der Waals surface area contributed by atoms with Crippen molar-refractivity contribution in [2.75, 3.05) is 7.11 Å². The molecule has 0 atom stereocenters. The van der Waals surface area contributed by atoms with Gasteiger partial charge in [0.05, 0.1) is 12.7 Å². The molecular formula is C9H7ClO4. The molecule has 74 valence electrons. The molecule has 1 aromatic carbocycles. The molecule has 1 rings (SSSR count). The summed E-state index contributed by atoms with van der Waals surface area (Å²) in [5, 5.41) is 8.02. The van der Waals surface area contributed by atoms with Crippen LogP contribution in [0.4, 0.5) is 0 Å². The van der Waals surface area contributed by atoms with Gasteiger partial charge in [0.25, 0.3) is 5.24 Å². The fourth-order valence-corrected chi connectivity index (χ4v) is 1.23. The molecule has 0 spiro atoms. The van der Waals surface area contributed by atoms with E-state index in [1.165, 1.54) is 25.3 Å². The van der Waals surface area contributed by atoms with Crippen LogP contribution in [0.3, 0.4) is 0 Å². The van der Waals surface area contributed by atoms with E-state index in [0.717, 1.165) is 0 Å². The van der Waals surface area contributed by atoms with Gasteiger partial charge in [-0.15, -0.1) is 0 Å². The summed E-state index contributed by atoms with van der Waals surface area (Å²) >= 11 is 5.25. The van der Waals surface area contributed by atoms with Gasteiger partial charge in [0, 0.05) is 0 Å². The van der Waals surface area contributed by atoms with E-state index < -0.39 is 11.2 Å². The monoisotopic (exact) mass is 214 g/mol. The molecule has 0 saturated carbocycles. The van der Waals surface area contributed by atoms with Crippen molar-refractivity contribution in [1.29, 1.82) is 0 Å². The number of aromatic carboxylic acids is 1. The predicted molar refractivity (Wildman–Crippen MR) is 50.1 cm³/mol. The van der Waals surface area contributed by atoms with Crippen LogP contribution < -0.4 is 4.74 Å². The highest BCUT2D eigenvalue weighted by molar-refractivity contribution is 6.68. The largest absolute Gasteiger partial charge is 0.495 e. The van der Waals surface area contributed by atoms with Crippen molar-refractivity contribution in [2.24, 2.45) is 0 Å². The van der Waals surface area contributed by atoms with Gasteiger partial charge in [0.2, 0.25) is 0 Å². The van der Waals surface area contributed by atoms with E-state index in [4.69, 9.17) is 21.4 Å². The first-order valence-electron chi connectivity index (χ1n) is 3.68. The van der Waals surface area contributed by atoms with E-state index >= 15 is 0 Å². The van der Waals surface area contributed by atoms with Crippen molar-refractivity contribution in [2.45, 2.75) is 0 Å². The molecule has 0 heterocycles. The highest BCUT2D eigenvalue weighted by atomic mass is 35.5. The van der Waals surface area contributed by atoms with Gasteiger partial charge in [-0.1, -0.05) is 6.07 Å². The molecule has 1 aromatic rings. The lowest BCUT2D eigenvalue weighted by Crippen LogP contribution is -2.04. The van der Waals surface area contributed by atoms with E-state index in [2.05, 4.69) is 0 Å². The number of rotatable bonds is 3. The van der Waals surface area contributed by atoms with Gasteiger partial charge in [-0.25, -0.2) is 4.79 Å². The Morgan fingerprint density at radius 2 is 1.93 bits per heavy atom. The molecule has 0 amide bonds. The van der Waals surface area contributed by atoms with Gasteiger partial charge >= 0.3 is 5.97 Å². The molecule has 0 radical (unpaired) electrons. The van der Waals surface area contributed by atoms with Crippen LogP contribution in [0.5, 0.6) is 5.75 Å². The molecule has 0 unspecified atom stereocenters. The summed E-state index contributed by atoms with van der Waals surface area (Å²) in [6.07, 6.45) is 0. The van der Waals surface area contributed by atoms with Gasteiger partial charge in [0.15, 0.2) is 0 Å². The lowest BCUT2D eigenvalue weighted by molar-refractivity contribution is 0.0693. The number of carboxylic acids is 1. The molecule has 0 aromatic heterocycles. The number of carbonyl (C=O) groups excluding carboxylic acids is 1. The van der Waals surface area contributed by atoms with Crippen molar-refractivity contribution in [3.8, 4) is 5.75 Å². The second kappa shape index (κ2) is 4.11. The minimum Gasteiger partial charge on any atom is -0.495 e. The van der Waals surface area contributed by atoms with Gasteiger partial charge in [-0.3, -0.25) is 4.79 Å². The van der Waals surface area contributed by atoms with Crippen LogP contribution in [0.2, 0.25) is 0 Å². The first kappa shape index (κ1) is 10.5. The van der Waals surface area contributed by atoms with Crippen molar-refractivity contribution >= 4 is 22.8 Å². The molecule has 4 nitrogen and oxygen atoms in total. The fourth-order valence-electron chi connectivity index (χ4n) is 1.08. The molecule has 0 saturated heterocycles. The molecular weight excluding hydrogens is 208 g/mol. The number of hydrogen-bond donors (Lipinski definition) is 1. The van der Waals surface area contributed by atoms with Crippen molar-refractivity contribution < 1.29 is 19.4 Å². The average Bonchev–Trinajstić information content (AvgIpc) is 2.16. The maximum atomic E-state index is 10.9. The zero-order chi connectivity index (χ0) is 10.7. The predicted octanol–water partition coefficient (Wildman–Crippen LogP) is 1.77. The molecule has 5 heteroatoms. The highest BCUT2D eigenvalue weighted by Crippen LogP contribution is 2.25. The van der Waals surface area contributed by atoms with E-state index in [0.29, 0.717) is 0 Å². The number of benzene rings is 1. The quantitative estimate of drug-likeness (QED) is 0.779. The second-order valence-corrected chi connectivity index (χ2v) is 2.81.